The summed E-state index contributed by atoms with van der Waals surface area (Å²) in [5, 5.41) is 3.01. The molecule has 88 valence electrons. The van der Waals surface area contributed by atoms with Crippen molar-refractivity contribution in [1.82, 2.24) is 5.32 Å². The van der Waals surface area contributed by atoms with Crippen LogP contribution < -0.4 is 11.1 Å². The molecule has 0 bridgehead atoms. The van der Waals surface area contributed by atoms with E-state index in [2.05, 4.69) is 5.32 Å². The highest BCUT2D eigenvalue weighted by Crippen LogP contribution is 2.09. The molecule has 1 aromatic carbocycles. The van der Waals surface area contributed by atoms with Crippen LogP contribution >= 0.6 is 0 Å². The van der Waals surface area contributed by atoms with E-state index >= 15 is 0 Å². The lowest BCUT2D eigenvalue weighted by atomic mass is 10.1. The van der Waals surface area contributed by atoms with Crippen molar-refractivity contribution in [3.05, 3.63) is 35.1 Å². The van der Waals surface area contributed by atoms with Crippen LogP contribution in [0, 0.1) is 5.82 Å². The molecule has 0 saturated carbocycles. The van der Waals surface area contributed by atoms with Gasteiger partial charge in [0.05, 0.1) is 6.61 Å². The molecule has 16 heavy (non-hydrogen) atoms. The average molecular weight is 226 g/mol. The summed E-state index contributed by atoms with van der Waals surface area (Å²) in [7, 11) is 1.60. The van der Waals surface area contributed by atoms with Crippen LogP contribution in [0.4, 0.5) is 4.39 Å². The van der Waals surface area contributed by atoms with E-state index < -0.39 is 11.7 Å². The van der Waals surface area contributed by atoms with Gasteiger partial charge in [-0.05, 0) is 12.1 Å². The maximum atomic E-state index is 13.4. The second kappa shape index (κ2) is 6.19. The number of methoxy groups -OCH3 is 1. The normalized spacial score (nSPS) is 10.4. The van der Waals surface area contributed by atoms with Gasteiger partial charge in [-0.1, -0.05) is 6.07 Å². The first-order valence-corrected chi connectivity index (χ1v) is 4.93. The highest BCUT2D eigenvalue weighted by atomic mass is 19.1. The van der Waals surface area contributed by atoms with Gasteiger partial charge in [0.1, 0.15) is 5.82 Å². The third-order valence-corrected chi connectivity index (χ3v) is 2.14. The van der Waals surface area contributed by atoms with Gasteiger partial charge in [-0.3, -0.25) is 4.79 Å². The van der Waals surface area contributed by atoms with E-state index in [1.807, 2.05) is 0 Å². The fraction of sp³-hybridized carbons (Fsp3) is 0.364. The molecule has 0 aliphatic heterocycles. The van der Waals surface area contributed by atoms with Crippen LogP contribution in [0.5, 0.6) is 0 Å². The summed E-state index contributed by atoms with van der Waals surface area (Å²) in [6.07, 6.45) is 0. The summed E-state index contributed by atoms with van der Waals surface area (Å²) in [6, 6.07) is 4.21. The van der Waals surface area contributed by atoms with Crippen LogP contribution in [0.3, 0.4) is 0 Å². The minimum atomic E-state index is -0.627. The Morgan fingerprint density at radius 1 is 1.56 bits per heavy atom. The molecule has 1 aromatic rings. The number of amides is 1. The number of nitrogens with one attached hydrogen (secondary N) is 1. The van der Waals surface area contributed by atoms with Crippen molar-refractivity contribution < 1.29 is 13.9 Å². The standard InChI is InChI=1S/C11H15FN2O2/c1-16-5-4-14-7-9-3-2-8(11(13)15)6-10(9)12/h2-3,6,14H,4-5,7H2,1H3,(H2,13,15). The van der Waals surface area contributed by atoms with Crippen molar-refractivity contribution in [2.75, 3.05) is 20.3 Å². The van der Waals surface area contributed by atoms with Gasteiger partial charge in [-0.2, -0.15) is 0 Å². The molecule has 5 heteroatoms. The number of nitrogens with two attached hydrogens (primary N) is 1. The van der Waals surface area contributed by atoms with Gasteiger partial charge in [0, 0.05) is 31.3 Å². The van der Waals surface area contributed by atoms with Gasteiger partial charge in [0.15, 0.2) is 0 Å². The number of carbonyl (C=O) groups is 1. The highest BCUT2D eigenvalue weighted by Gasteiger charge is 2.06. The largest absolute Gasteiger partial charge is 0.383 e. The summed E-state index contributed by atoms with van der Waals surface area (Å²) < 4.78 is 18.3. The fourth-order valence-electron chi connectivity index (χ4n) is 1.24. The zero-order valence-corrected chi connectivity index (χ0v) is 9.13. The van der Waals surface area contributed by atoms with Crippen LogP contribution in [0.15, 0.2) is 18.2 Å². The van der Waals surface area contributed by atoms with Gasteiger partial charge < -0.3 is 15.8 Å². The number of rotatable bonds is 6. The number of hydrogen-bond donors (Lipinski definition) is 2. The number of halogens is 1. The van der Waals surface area contributed by atoms with Crippen molar-refractivity contribution in [3.63, 3.8) is 0 Å². The second-order valence-corrected chi connectivity index (χ2v) is 3.34. The quantitative estimate of drug-likeness (QED) is 0.700. The van der Waals surface area contributed by atoms with E-state index in [0.29, 0.717) is 25.3 Å². The van der Waals surface area contributed by atoms with Gasteiger partial charge >= 0.3 is 0 Å². The molecular formula is C11H15FN2O2. The van der Waals surface area contributed by atoms with E-state index in [0.717, 1.165) is 6.07 Å². The molecule has 1 amide bonds. The Morgan fingerprint density at radius 3 is 2.88 bits per heavy atom. The molecule has 0 aliphatic carbocycles. The number of benzene rings is 1. The van der Waals surface area contributed by atoms with Crippen molar-refractivity contribution >= 4 is 5.91 Å². The van der Waals surface area contributed by atoms with Crippen molar-refractivity contribution in [2.45, 2.75) is 6.54 Å². The predicted molar refractivity (Wildman–Crippen MR) is 58.5 cm³/mol. The average Bonchev–Trinajstić information content (AvgIpc) is 2.26. The molecule has 0 unspecified atom stereocenters. The smallest absolute Gasteiger partial charge is 0.248 e. The van der Waals surface area contributed by atoms with Gasteiger partial charge in [-0.15, -0.1) is 0 Å². The Morgan fingerprint density at radius 2 is 2.31 bits per heavy atom. The molecule has 1 rings (SSSR count). The lowest BCUT2D eigenvalue weighted by Gasteiger charge is -2.06. The first-order chi connectivity index (χ1) is 7.65. The number of hydrogen-bond acceptors (Lipinski definition) is 3. The Bertz CT molecular complexity index is 369. The van der Waals surface area contributed by atoms with E-state index in [9.17, 15) is 9.18 Å². The molecule has 0 aliphatic rings. The zero-order chi connectivity index (χ0) is 12.0. The summed E-state index contributed by atoms with van der Waals surface area (Å²) >= 11 is 0. The van der Waals surface area contributed by atoms with E-state index in [4.69, 9.17) is 10.5 Å². The number of primary amides is 1. The van der Waals surface area contributed by atoms with Crippen molar-refractivity contribution in [2.24, 2.45) is 5.73 Å². The van der Waals surface area contributed by atoms with E-state index in [1.54, 1.807) is 13.2 Å². The van der Waals surface area contributed by atoms with Gasteiger partial charge in [0.2, 0.25) is 5.91 Å². The van der Waals surface area contributed by atoms with Crippen LogP contribution in [0.1, 0.15) is 15.9 Å². The van der Waals surface area contributed by atoms with Crippen LogP contribution in [-0.2, 0) is 11.3 Å². The maximum absolute atomic E-state index is 13.4. The number of carbonyl (C=O) groups excluding carboxylic acids is 1. The molecule has 0 fully saturated rings. The predicted octanol–water partition coefficient (Wildman–Crippen LogP) is 0.661. The zero-order valence-electron chi connectivity index (χ0n) is 9.13. The summed E-state index contributed by atoms with van der Waals surface area (Å²) in [4.78, 5) is 10.8. The van der Waals surface area contributed by atoms with Gasteiger partial charge in [0.25, 0.3) is 0 Å². The Kier molecular flexibility index (Phi) is 4.88. The lowest BCUT2D eigenvalue weighted by molar-refractivity contribution is 0.1000. The molecule has 3 N–H and O–H groups in total. The molecule has 0 aromatic heterocycles. The fourth-order valence-corrected chi connectivity index (χ4v) is 1.24. The first-order valence-electron chi connectivity index (χ1n) is 4.93. The number of ether oxygens (including phenoxy) is 1. The van der Waals surface area contributed by atoms with Gasteiger partial charge in [-0.25, -0.2) is 4.39 Å². The minimum Gasteiger partial charge on any atom is -0.383 e. The van der Waals surface area contributed by atoms with E-state index in [-0.39, 0.29) is 5.56 Å². The minimum absolute atomic E-state index is 0.179. The monoisotopic (exact) mass is 226 g/mol. The topological polar surface area (TPSA) is 64.3 Å². The van der Waals surface area contributed by atoms with E-state index in [1.165, 1.54) is 6.07 Å². The van der Waals surface area contributed by atoms with Crippen LogP contribution in [0.25, 0.3) is 0 Å². The third kappa shape index (κ3) is 3.60. The Balaban J connectivity index is 2.57. The highest BCUT2D eigenvalue weighted by molar-refractivity contribution is 5.92. The summed E-state index contributed by atoms with van der Waals surface area (Å²) in [6.45, 7) is 1.61. The molecule has 0 spiro atoms. The van der Waals surface area contributed by atoms with Crippen LogP contribution in [0.2, 0.25) is 0 Å². The molecule has 0 radical (unpaired) electrons. The maximum Gasteiger partial charge on any atom is 0.248 e. The molecule has 0 heterocycles. The summed E-state index contributed by atoms with van der Waals surface area (Å²) in [5.74, 6) is -1.06. The Labute approximate surface area is 93.6 Å². The Hall–Kier alpha value is -1.46. The van der Waals surface area contributed by atoms with Crippen molar-refractivity contribution in [3.8, 4) is 0 Å². The first kappa shape index (κ1) is 12.6. The molecule has 0 atom stereocenters. The molecule has 0 saturated heterocycles. The summed E-state index contributed by atoms with van der Waals surface area (Å²) in [5.41, 5.74) is 5.71. The molecule has 4 nitrogen and oxygen atoms in total. The SMILES string of the molecule is COCCNCc1ccc(C(N)=O)cc1F. The lowest BCUT2D eigenvalue weighted by Crippen LogP contribution is -2.19. The molecular weight excluding hydrogens is 211 g/mol. The third-order valence-electron chi connectivity index (χ3n) is 2.14. The van der Waals surface area contributed by atoms with Crippen molar-refractivity contribution in [1.29, 1.82) is 0 Å². The second-order valence-electron chi connectivity index (χ2n) is 3.34. The van der Waals surface area contributed by atoms with Crippen LogP contribution in [-0.4, -0.2) is 26.2 Å².